The number of guanidine groups is 1. The molecule has 0 bridgehead atoms. The number of hydrogen-bond acceptors (Lipinski definition) is 4. The average molecular weight is 524 g/mol. The molecule has 2 aromatic rings. The molecule has 11 heteroatoms. The van der Waals surface area contributed by atoms with E-state index in [1.165, 1.54) is 18.6 Å². The fraction of sp³-hybridized carbons (Fsp3) is 0.500. The number of ether oxygens (including phenoxy) is 1. The Labute approximate surface area is 184 Å². The predicted molar refractivity (Wildman–Crippen MR) is 113 cm³/mol. The Morgan fingerprint density at radius 2 is 1.90 bits per heavy atom. The van der Waals surface area contributed by atoms with Crippen LogP contribution in [0.5, 0.6) is 5.75 Å². The van der Waals surface area contributed by atoms with Crippen molar-refractivity contribution in [2.75, 3.05) is 7.05 Å². The van der Waals surface area contributed by atoms with Gasteiger partial charge in [-0.15, -0.1) is 47.3 Å². The number of fused-ring (bicyclic) bond motifs is 1. The van der Waals surface area contributed by atoms with Crippen LogP contribution in [0.1, 0.15) is 36.5 Å². The molecule has 0 radical (unpaired) electrons. The van der Waals surface area contributed by atoms with Gasteiger partial charge in [-0.3, -0.25) is 4.99 Å². The summed E-state index contributed by atoms with van der Waals surface area (Å²) in [6.45, 7) is 1.45. The maximum absolute atomic E-state index is 12.5. The average Bonchev–Trinajstić information content (AvgIpc) is 2.88. The van der Waals surface area contributed by atoms with E-state index < -0.39 is 6.36 Å². The van der Waals surface area contributed by atoms with Crippen molar-refractivity contribution in [3.63, 3.8) is 0 Å². The SMILES string of the molecule is CN=C(NCc1ccccc1OC(F)(F)F)NCc1nnc2n1CCCCC2.I. The van der Waals surface area contributed by atoms with Gasteiger partial charge < -0.3 is 19.9 Å². The standard InChI is InChI=1S/C18H23F3N6O.HI/c1-22-17(23-11-13-7-4-5-8-14(13)28-18(19,20)21)24-12-16-26-25-15-9-3-2-6-10-27(15)16;/h4-5,7-8H,2-3,6,9-12H2,1H3,(H2,22,23,24);1H. The predicted octanol–water partition coefficient (Wildman–Crippen LogP) is 3.39. The zero-order chi connectivity index (χ0) is 20.0. The zero-order valence-corrected chi connectivity index (χ0v) is 18.3. The van der Waals surface area contributed by atoms with Crippen molar-refractivity contribution in [1.29, 1.82) is 0 Å². The van der Waals surface area contributed by atoms with Crippen LogP contribution < -0.4 is 15.4 Å². The summed E-state index contributed by atoms with van der Waals surface area (Å²) in [6.07, 6.45) is -0.411. The summed E-state index contributed by atoms with van der Waals surface area (Å²) in [5, 5.41) is 14.6. The zero-order valence-electron chi connectivity index (χ0n) is 16.0. The van der Waals surface area contributed by atoms with Crippen molar-refractivity contribution in [2.45, 2.75) is 51.7 Å². The Morgan fingerprint density at radius 1 is 1.14 bits per heavy atom. The quantitative estimate of drug-likeness (QED) is 0.357. The van der Waals surface area contributed by atoms with E-state index in [0.717, 1.165) is 37.5 Å². The van der Waals surface area contributed by atoms with E-state index in [4.69, 9.17) is 0 Å². The first kappa shape index (κ1) is 23.2. The Balaban J connectivity index is 0.00000300. The van der Waals surface area contributed by atoms with Crippen LogP contribution in [0.3, 0.4) is 0 Å². The highest BCUT2D eigenvalue weighted by Crippen LogP contribution is 2.26. The first-order valence-corrected chi connectivity index (χ1v) is 9.15. The highest BCUT2D eigenvalue weighted by Gasteiger charge is 2.31. The summed E-state index contributed by atoms with van der Waals surface area (Å²) < 4.78 is 43.8. The van der Waals surface area contributed by atoms with Crippen molar-refractivity contribution in [3.8, 4) is 5.75 Å². The van der Waals surface area contributed by atoms with Gasteiger partial charge in [-0.25, -0.2) is 0 Å². The van der Waals surface area contributed by atoms with Crippen LogP contribution in [0.2, 0.25) is 0 Å². The summed E-state index contributed by atoms with van der Waals surface area (Å²) in [5.41, 5.74) is 0.374. The molecule has 29 heavy (non-hydrogen) atoms. The minimum absolute atomic E-state index is 0. The summed E-state index contributed by atoms with van der Waals surface area (Å²) >= 11 is 0. The Morgan fingerprint density at radius 3 is 2.66 bits per heavy atom. The number of aryl methyl sites for hydroxylation is 1. The van der Waals surface area contributed by atoms with Crippen LogP contribution in [-0.4, -0.2) is 34.1 Å². The maximum atomic E-state index is 12.5. The Kier molecular flexibility index (Phi) is 8.53. The number of nitrogens with zero attached hydrogens (tertiary/aromatic N) is 4. The molecule has 0 unspecified atom stereocenters. The summed E-state index contributed by atoms with van der Waals surface area (Å²) in [6, 6.07) is 6.00. The molecular weight excluding hydrogens is 500 g/mol. The van der Waals surface area contributed by atoms with Crippen LogP contribution in [0.15, 0.2) is 29.3 Å². The number of aliphatic imine (C=N–C) groups is 1. The number of benzene rings is 1. The molecule has 0 atom stereocenters. The van der Waals surface area contributed by atoms with Crippen molar-refractivity contribution >= 4 is 29.9 Å². The molecule has 0 fully saturated rings. The van der Waals surface area contributed by atoms with Gasteiger partial charge in [-0.05, 0) is 18.9 Å². The molecule has 0 spiro atoms. The number of aromatic nitrogens is 3. The van der Waals surface area contributed by atoms with E-state index in [-0.39, 0.29) is 36.3 Å². The van der Waals surface area contributed by atoms with E-state index in [1.54, 1.807) is 19.2 Å². The van der Waals surface area contributed by atoms with Gasteiger partial charge in [0.25, 0.3) is 0 Å². The molecule has 1 aromatic heterocycles. The van der Waals surface area contributed by atoms with E-state index in [1.807, 2.05) is 0 Å². The lowest BCUT2D eigenvalue weighted by atomic mass is 10.2. The van der Waals surface area contributed by atoms with Crippen LogP contribution in [0, 0.1) is 0 Å². The van der Waals surface area contributed by atoms with Gasteiger partial charge in [0.05, 0.1) is 6.54 Å². The van der Waals surface area contributed by atoms with Gasteiger partial charge in [-0.1, -0.05) is 24.6 Å². The topological polar surface area (TPSA) is 76.4 Å². The lowest BCUT2D eigenvalue weighted by Crippen LogP contribution is -2.37. The normalized spacial score (nSPS) is 14.4. The first-order chi connectivity index (χ1) is 13.5. The van der Waals surface area contributed by atoms with Crippen LogP contribution in [0.25, 0.3) is 0 Å². The van der Waals surface area contributed by atoms with Gasteiger partial charge in [0.2, 0.25) is 0 Å². The molecule has 0 saturated carbocycles. The van der Waals surface area contributed by atoms with E-state index in [0.29, 0.717) is 18.1 Å². The Bertz CT molecular complexity index is 824. The fourth-order valence-corrected chi connectivity index (χ4v) is 3.11. The molecule has 1 aliphatic heterocycles. The molecule has 160 valence electrons. The van der Waals surface area contributed by atoms with Crippen LogP contribution >= 0.6 is 24.0 Å². The second-order valence-corrected chi connectivity index (χ2v) is 6.43. The van der Waals surface area contributed by atoms with E-state index in [2.05, 4.69) is 35.1 Å². The fourth-order valence-electron chi connectivity index (χ4n) is 3.11. The monoisotopic (exact) mass is 524 g/mol. The molecule has 0 aliphatic carbocycles. The minimum Gasteiger partial charge on any atom is -0.405 e. The molecular formula is C18H24F3IN6O. The third kappa shape index (κ3) is 6.75. The molecule has 1 aliphatic rings. The van der Waals surface area contributed by atoms with Crippen LogP contribution in [0.4, 0.5) is 13.2 Å². The van der Waals surface area contributed by atoms with Gasteiger partial charge in [0.15, 0.2) is 11.8 Å². The van der Waals surface area contributed by atoms with Gasteiger partial charge in [0.1, 0.15) is 11.6 Å². The van der Waals surface area contributed by atoms with Crippen molar-refractivity contribution in [2.24, 2.45) is 4.99 Å². The lowest BCUT2D eigenvalue weighted by Gasteiger charge is -2.15. The molecule has 1 aromatic carbocycles. The number of para-hydroxylation sites is 1. The van der Waals surface area contributed by atoms with Crippen molar-refractivity contribution < 1.29 is 17.9 Å². The van der Waals surface area contributed by atoms with Gasteiger partial charge in [0, 0.05) is 32.1 Å². The number of hydrogen-bond donors (Lipinski definition) is 2. The van der Waals surface area contributed by atoms with Gasteiger partial charge in [-0.2, -0.15) is 0 Å². The smallest absolute Gasteiger partial charge is 0.405 e. The summed E-state index contributed by atoms with van der Waals surface area (Å²) in [4.78, 5) is 4.11. The number of nitrogens with one attached hydrogen (secondary N) is 2. The third-order valence-corrected chi connectivity index (χ3v) is 4.47. The molecule has 2 heterocycles. The molecule has 2 N–H and O–H groups in total. The van der Waals surface area contributed by atoms with E-state index >= 15 is 0 Å². The summed E-state index contributed by atoms with van der Waals surface area (Å²) in [5.74, 6) is 2.03. The second-order valence-electron chi connectivity index (χ2n) is 6.43. The molecule has 0 amide bonds. The second kappa shape index (κ2) is 10.6. The molecule has 3 rings (SSSR count). The van der Waals surface area contributed by atoms with Crippen molar-refractivity contribution in [1.82, 2.24) is 25.4 Å². The molecule has 7 nitrogen and oxygen atoms in total. The first-order valence-electron chi connectivity index (χ1n) is 9.15. The van der Waals surface area contributed by atoms with E-state index in [9.17, 15) is 13.2 Å². The number of rotatable bonds is 5. The third-order valence-electron chi connectivity index (χ3n) is 4.47. The highest BCUT2D eigenvalue weighted by atomic mass is 127. The largest absolute Gasteiger partial charge is 0.573 e. The molecule has 0 saturated heterocycles. The number of alkyl halides is 3. The van der Waals surface area contributed by atoms with Crippen LogP contribution in [-0.2, 0) is 26.1 Å². The minimum atomic E-state index is -4.73. The highest BCUT2D eigenvalue weighted by molar-refractivity contribution is 14.0. The van der Waals surface area contributed by atoms with Crippen molar-refractivity contribution in [3.05, 3.63) is 41.5 Å². The Hall–Kier alpha value is -2.05. The lowest BCUT2D eigenvalue weighted by molar-refractivity contribution is -0.274. The summed E-state index contributed by atoms with van der Waals surface area (Å²) in [7, 11) is 1.60. The number of halogens is 4. The van der Waals surface area contributed by atoms with Gasteiger partial charge >= 0.3 is 6.36 Å². The maximum Gasteiger partial charge on any atom is 0.573 e.